The van der Waals surface area contributed by atoms with Gasteiger partial charge in [-0.05, 0) is 47.2 Å². The second-order valence-corrected chi connectivity index (χ2v) is 10.4. The first-order valence-corrected chi connectivity index (χ1v) is 13.5. The number of esters is 1. The number of aromatic nitrogens is 3. The van der Waals surface area contributed by atoms with Crippen molar-refractivity contribution in [1.29, 1.82) is 0 Å². The topological polar surface area (TPSA) is 82.6 Å². The number of methoxy groups -OCH3 is 1. The summed E-state index contributed by atoms with van der Waals surface area (Å²) in [6.45, 7) is 2.15. The van der Waals surface area contributed by atoms with Crippen LogP contribution in [0.15, 0.2) is 65.5 Å². The highest BCUT2D eigenvalue weighted by molar-refractivity contribution is 5.71. The van der Waals surface area contributed by atoms with Crippen LogP contribution >= 0.6 is 0 Å². The van der Waals surface area contributed by atoms with Gasteiger partial charge in [-0.3, -0.25) is 9.69 Å². The number of hydrogen-bond acceptors (Lipinski definition) is 7. The smallest absolute Gasteiger partial charge is 0.434 e. The monoisotopic (exact) mass is 566 g/mol. The number of hydrogen-bond donors (Lipinski definition) is 0. The van der Waals surface area contributed by atoms with Crippen molar-refractivity contribution in [3.63, 3.8) is 0 Å². The minimum Gasteiger partial charge on any atom is -0.486 e. The summed E-state index contributed by atoms with van der Waals surface area (Å²) in [5.74, 6) is 0.533. The van der Waals surface area contributed by atoms with E-state index in [1.807, 2.05) is 30.3 Å². The molecular formula is C30H29F3N4O4. The van der Waals surface area contributed by atoms with Gasteiger partial charge < -0.3 is 18.6 Å². The van der Waals surface area contributed by atoms with Gasteiger partial charge in [0, 0.05) is 37.8 Å². The molecule has 2 atom stereocenters. The third-order valence-corrected chi connectivity index (χ3v) is 7.85. The van der Waals surface area contributed by atoms with E-state index in [0.717, 1.165) is 35.9 Å². The van der Waals surface area contributed by atoms with Gasteiger partial charge in [0.05, 0.1) is 25.8 Å². The zero-order chi connectivity index (χ0) is 28.6. The Morgan fingerprint density at radius 2 is 1.98 bits per heavy atom. The van der Waals surface area contributed by atoms with Gasteiger partial charge in [0.15, 0.2) is 5.69 Å². The summed E-state index contributed by atoms with van der Waals surface area (Å²) in [7, 11) is 1.36. The van der Waals surface area contributed by atoms with Crippen LogP contribution in [-0.4, -0.2) is 39.2 Å². The molecule has 3 heterocycles. The molecule has 1 aliphatic carbocycles. The highest BCUT2D eigenvalue weighted by Gasteiger charge is 2.36. The van der Waals surface area contributed by atoms with Crippen LogP contribution in [0.3, 0.4) is 0 Å². The largest absolute Gasteiger partial charge is 0.486 e. The predicted molar refractivity (Wildman–Crippen MR) is 141 cm³/mol. The molecule has 0 unspecified atom stereocenters. The van der Waals surface area contributed by atoms with Gasteiger partial charge in [-0.1, -0.05) is 35.5 Å². The fourth-order valence-electron chi connectivity index (χ4n) is 5.77. The van der Waals surface area contributed by atoms with E-state index < -0.39 is 11.9 Å². The molecule has 2 aliphatic rings. The Morgan fingerprint density at radius 1 is 1.15 bits per heavy atom. The van der Waals surface area contributed by atoms with Crippen LogP contribution in [0.4, 0.5) is 13.2 Å². The van der Waals surface area contributed by atoms with E-state index in [2.05, 4.69) is 27.2 Å². The molecule has 0 radical (unpaired) electrons. The van der Waals surface area contributed by atoms with Gasteiger partial charge in [-0.25, -0.2) is 4.98 Å². The molecule has 41 heavy (non-hydrogen) atoms. The summed E-state index contributed by atoms with van der Waals surface area (Å²) in [4.78, 5) is 18.0. The normalized spacial score (nSPS) is 17.6. The Kier molecular flexibility index (Phi) is 7.29. The van der Waals surface area contributed by atoms with Crippen LogP contribution in [0.1, 0.15) is 64.3 Å². The van der Waals surface area contributed by atoms with Crippen LogP contribution in [0, 0.1) is 0 Å². The average molecular weight is 567 g/mol. The van der Waals surface area contributed by atoms with Crippen molar-refractivity contribution < 1.29 is 32.0 Å². The van der Waals surface area contributed by atoms with E-state index in [1.54, 1.807) is 10.6 Å². The Morgan fingerprint density at radius 3 is 2.71 bits per heavy atom. The molecule has 0 bridgehead atoms. The summed E-state index contributed by atoms with van der Waals surface area (Å²) in [6.07, 6.45) is -0.120. The van der Waals surface area contributed by atoms with Crippen LogP contribution in [0.25, 0.3) is 0 Å². The summed E-state index contributed by atoms with van der Waals surface area (Å²) in [5, 5.41) is 4.02. The number of carbonyl (C=O) groups excluding carboxylic acids is 1. The highest BCUT2D eigenvalue weighted by Crippen LogP contribution is 2.38. The number of alkyl halides is 3. The van der Waals surface area contributed by atoms with Crippen LogP contribution in [0.5, 0.6) is 5.75 Å². The van der Waals surface area contributed by atoms with Crippen molar-refractivity contribution in [1.82, 2.24) is 19.6 Å². The minimum atomic E-state index is -4.44. The molecule has 2 aromatic heterocycles. The number of fused-ring (bicyclic) bond motifs is 2. The average Bonchev–Trinajstić information content (AvgIpc) is 3.72. The molecule has 8 nitrogen and oxygen atoms in total. The first-order valence-electron chi connectivity index (χ1n) is 13.5. The zero-order valence-electron chi connectivity index (χ0n) is 22.4. The fraction of sp³-hybridized carbons (Fsp3) is 0.367. The number of carbonyl (C=O) groups is 1. The number of rotatable bonds is 8. The quantitative estimate of drug-likeness (QED) is 0.254. The first-order chi connectivity index (χ1) is 19.8. The maximum Gasteiger partial charge on any atom is 0.434 e. The van der Waals surface area contributed by atoms with E-state index in [4.69, 9.17) is 14.0 Å². The second kappa shape index (κ2) is 11.0. The van der Waals surface area contributed by atoms with Gasteiger partial charge in [-0.2, -0.15) is 13.2 Å². The van der Waals surface area contributed by atoms with E-state index >= 15 is 0 Å². The first kappa shape index (κ1) is 27.1. The third-order valence-electron chi connectivity index (χ3n) is 7.85. The molecule has 0 N–H and O–H groups in total. The Hall–Kier alpha value is -4.12. The van der Waals surface area contributed by atoms with Crippen molar-refractivity contribution in [3.05, 3.63) is 100 Å². The van der Waals surface area contributed by atoms with E-state index in [-0.39, 0.29) is 24.4 Å². The molecule has 1 aliphatic heterocycles. The van der Waals surface area contributed by atoms with Gasteiger partial charge in [0.2, 0.25) is 0 Å². The van der Waals surface area contributed by atoms with Crippen LogP contribution < -0.4 is 4.74 Å². The van der Waals surface area contributed by atoms with Gasteiger partial charge in [-0.15, -0.1) is 0 Å². The third kappa shape index (κ3) is 5.72. The molecular weight excluding hydrogens is 537 g/mol. The van der Waals surface area contributed by atoms with E-state index in [9.17, 15) is 18.0 Å². The lowest BCUT2D eigenvalue weighted by Gasteiger charge is -2.28. The van der Waals surface area contributed by atoms with Crippen molar-refractivity contribution in [2.45, 2.75) is 57.1 Å². The lowest BCUT2D eigenvalue weighted by atomic mass is 9.92. The minimum absolute atomic E-state index is 0.105. The maximum atomic E-state index is 13.1. The van der Waals surface area contributed by atoms with Crippen molar-refractivity contribution >= 4 is 5.97 Å². The predicted octanol–water partition coefficient (Wildman–Crippen LogP) is 5.67. The summed E-state index contributed by atoms with van der Waals surface area (Å²) in [6, 6.07) is 15.6. The number of nitrogens with zero attached hydrogens (tertiary/aromatic N) is 4. The molecule has 214 valence electrons. The highest BCUT2D eigenvalue weighted by atomic mass is 19.4. The van der Waals surface area contributed by atoms with E-state index in [1.165, 1.54) is 24.5 Å². The molecule has 0 fully saturated rings. The van der Waals surface area contributed by atoms with Crippen LogP contribution in [0.2, 0.25) is 0 Å². The molecule has 2 aromatic carbocycles. The second-order valence-electron chi connectivity index (χ2n) is 10.4. The molecule has 0 saturated carbocycles. The van der Waals surface area contributed by atoms with E-state index in [0.29, 0.717) is 37.7 Å². The van der Waals surface area contributed by atoms with Gasteiger partial charge >= 0.3 is 12.1 Å². The molecule has 0 spiro atoms. The van der Waals surface area contributed by atoms with Crippen molar-refractivity contribution in [3.8, 4) is 5.75 Å². The maximum absolute atomic E-state index is 13.1. The lowest BCUT2D eigenvalue weighted by molar-refractivity contribution is -0.141. The number of halogens is 3. The number of benzene rings is 2. The van der Waals surface area contributed by atoms with Gasteiger partial charge in [0.1, 0.15) is 23.9 Å². The SMILES string of the molecule is COC(=O)C[C@@H](c1ccc(O[C@@H]2CCc3c(CN4CCn5cc(C(F)(F)F)nc5C4)cccc32)cc1)c1ccon1. The Balaban J connectivity index is 1.13. The molecule has 11 heteroatoms. The lowest BCUT2D eigenvalue weighted by Crippen LogP contribution is -2.33. The van der Waals surface area contributed by atoms with Crippen molar-refractivity contribution in [2.24, 2.45) is 0 Å². The summed E-state index contributed by atoms with van der Waals surface area (Å²) >= 11 is 0. The fourth-order valence-corrected chi connectivity index (χ4v) is 5.77. The summed E-state index contributed by atoms with van der Waals surface area (Å²) < 4.78 is 57.2. The molecule has 0 saturated heterocycles. The summed E-state index contributed by atoms with van der Waals surface area (Å²) in [5.41, 5.74) is 4.26. The zero-order valence-corrected chi connectivity index (χ0v) is 22.4. The van der Waals surface area contributed by atoms with Crippen molar-refractivity contribution in [2.75, 3.05) is 13.7 Å². The Bertz CT molecular complexity index is 1520. The van der Waals surface area contributed by atoms with Crippen LogP contribution in [-0.2, 0) is 41.8 Å². The number of ether oxygens (including phenoxy) is 2. The standard InChI is InChI=1S/C30H29F3N4O4/c1-39-29(38)15-24(25-11-14-40-35-25)19-5-7-21(8-6-19)41-26-10-9-22-20(3-2-4-23(22)26)16-36-12-13-37-17-27(30(31,32)33)34-28(37)18-36/h2-8,11,14,17,24,26H,9-10,12-13,15-16,18H2,1H3/t24-,26+/m0/s1. The van der Waals surface area contributed by atoms with Gasteiger partial charge in [0.25, 0.3) is 0 Å². The Labute approximate surface area is 234 Å². The molecule has 6 rings (SSSR count). The molecule has 4 aromatic rings. The molecule has 0 amide bonds. The number of imidazole rings is 1.